The van der Waals surface area contributed by atoms with Crippen molar-refractivity contribution in [3.05, 3.63) is 11.6 Å². The highest BCUT2D eigenvalue weighted by molar-refractivity contribution is 5.98. The molecule has 28 heavy (non-hydrogen) atoms. The Kier molecular flexibility index (Phi) is 5.57. The highest BCUT2D eigenvalue weighted by Crippen LogP contribution is 2.67. The molecule has 0 amide bonds. The van der Waals surface area contributed by atoms with Crippen LogP contribution in [0.2, 0.25) is 0 Å². The number of carbonyl (C=O) groups is 1. The van der Waals surface area contributed by atoms with Crippen LogP contribution in [0.25, 0.3) is 0 Å². The third kappa shape index (κ3) is 2.80. The van der Waals surface area contributed by atoms with E-state index in [1.165, 1.54) is 44.9 Å². The molecule has 0 saturated heterocycles. The molecule has 2 heteroatoms. The third-order valence-electron chi connectivity index (χ3n) is 9.56. The highest BCUT2D eigenvalue weighted by Gasteiger charge is 2.66. The maximum atomic E-state index is 14.0. The molecule has 4 aliphatic rings. The van der Waals surface area contributed by atoms with Crippen LogP contribution in [0.4, 0.5) is 0 Å². The smallest absolute Gasteiger partial charge is 0.164 e. The highest BCUT2D eigenvalue weighted by atomic mass is 16.5. The van der Waals surface area contributed by atoms with Crippen LogP contribution in [-0.2, 0) is 9.53 Å². The molecular formula is C26H42O2. The van der Waals surface area contributed by atoms with E-state index < -0.39 is 0 Å². The topological polar surface area (TPSA) is 26.3 Å². The summed E-state index contributed by atoms with van der Waals surface area (Å²) in [5.74, 6) is 2.37. The average Bonchev–Trinajstić information content (AvgIpc) is 2.99. The molecule has 0 aromatic rings. The van der Waals surface area contributed by atoms with E-state index in [-0.39, 0.29) is 16.4 Å². The maximum Gasteiger partial charge on any atom is 0.164 e. The zero-order valence-electron chi connectivity index (χ0n) is 18.8. The third-order valence-corrected chi connectivity index (χ3v) is 9.56. The summed E-state index contributed by atoms with van der Waals surface area (Å²) in [6, 6.07) is 0. The van der Waals surface area contributed by atoms with Gasteiger partial charge in [0.1, 0.15) is 0 Å². The lowest BCUT2D eigenvalue weighted by molar-refractivity contribution is -0.160. The number of ketones is 1. The molecular weight excluding hydrogens is 344 g/mol. The average molecular weight is 387 g/mol. The van der Waals surface area contributed by atoms with Crippen molar-refractivity contribution >= 4 is 5.78 Å². The van der Waals surface area contributed by atoms with Crippen molar-refractivity contribution < 1.29 is 9.53 Å². The fraction of sp³-hybridized carbons (Fsp3) is 0.885. The molecule has 0 N–H and O–H groups in total. The van der Waals surface area contributed by atoms with Gasteiger partial charge in [0.2, 0.25) is 0 Å². The van der Waals surface area contributed by atoms with Gasteiger partial charge in [0.15, 0.2) is 5.78 Å². The summed E-state index contributed by atoms with van der Waals surface area (Å²) < 4.78 is 6.54. The molecule has 4 rings (SSSR count). The first-order chi connectivity index (χ1) is 13.4. The van der Waals surface area contributed by atoms with E-state index >= 15 is 0 Å². The van der Waals surface area contributed by atoms with Crippen molar-refractivity contribution in [2.45, 2.75) is 110 Å². The summed E-state index contributed by atoms with van der Waals surface area (Å²) in [5.41, 5.74) is 1.30. The normalized spacial score (nSPS) is 45.2. The number of hydrogen-bond acceptors (Lipinski definition) is 2. The van der Waals surface area contributed by atoms with Crippen molar-refractivity contribution in [3.63, 3.8) is 0 Å². The summed E-state index contributed by atoms with van der Waals surface area (Å²) in [6.07, 6.45) is 16.9. The van der Waals surface area contributed by atoms with E-state index in [0.717, 1.165) is 44.6 Å². The van der Waals surface area contributed by atoms with Gasteiger partial charge in [-0.3, -0.25) is 4.79 Å². The lowest BCUT2D eigenvalue weighted by Crippen LogP contribution is -2.57. The Labute approximate surface area is 172 Å². The van der Waals surface area contributed by atoms with Gasteiger partial charge in [0.05, 0.1) is 11.0 Å². The Balaban J connectivity index is 1.76. The van der Waals surface area contributed by atoms with E-state index in [1.807, 2.05) is 0 Å². The van der Waals surface area contributed by atoms with Crippen LogP contribution in [0, 0.1) is 28.6 Å². The largest absolute Gasteiger partial charge is 0.374 e. The Hall–Kier alpha value is -0.630. The summed E-state index contributed by atoms with van der Waals surface area (Å²) in [5, 5.41) is 0. The number of ether oxygens (including phenoxy) is 1. The van der Waals surface area contributed by atoms with E-state index in [9.17, 15) is 4.79 Å². The number of unbranched alkanes of at least 4 members (excludes halogenated alkanes) is 1. The fourth-order valence-electron chi connectivity index (χ4n) is 8.01. The van der Waals surface area contributed by atoms with Crippen molar-refractivity contribution in [3.8, 4) is 0 Å². The molecule has 158 valence electrons. The molecule has 2 nitrogen and oxygen atoms in total. The molecule has 3 fully saturated rings. The zero-order valence-corrected chi connectivity index (χ0v) is 18.8. The molecule has 6 atom stereocenters. The zero-order chi connectivity index (χ0) is 20.0. The van der Waals surface area contributed by atoms with Gasteiger partial charge < -0.3 is 4.74 Å². The predicted octanol–water partition coefficient (Wildman–Crippen LogP) is 6.87. The molecule has 6 unspecified atom stereocenters. The van der Waals surface area contributed by atoms with Crippen LogP contribution in [0.15, 0.2) is 11.6 Å². The minimum absolute atomic E-state index is 0.272. The molecule has 0 aromatic carbocycles. The van der Waals surface area contributed by atoms with Gasteiger partial charge in [-0.25, -0.2) is 0 Å². The van der Waals surface area contributed by atoms with E-state index in [1.54, 1.807) is 5.57 Å². The maximum absolute atomic E-state index is 14.0. The molecule has 0 spiro atoms. The lowest BCUT2D eigenvalue weighted by Gasteiger charge is -2.57. The van der Waals surface area contributed by atoms with Crippen molar-refractivity contribution in [1.82, 2.24) is 0 Å². The minimum atomic E-state index is -0.274. The number of hydrogen-bond donors (Lipinski definition) is 0. The van der Waals surface area contributed by atoms with Crippen LogP contribution >= 0.6 is 0 Å². The molecule has 0 radical (unpaired) electrons. The van der Waals surface area contributed by atoms with Crippen molar-refractivity contribution in [2.24, 2.45) is 28.6 Å². The van der Waals surface area contributed by atoms with E-state index in [2.05, 4.69) is 33.8 Å². The Bertz CT molecular complexity index is 636. The summed E-state index contributed by atoms with van der Waals surface area (Å²) in [7, 11) is 0. The van der Waals surface area contributed by atoms with Crippen LogP contribution < -0.4 is 0 Å². The second-order valence-electron chi connectivity index (χ2n) is 10.8. The SMILES string of the molecule is CCCCC12C(=O)C=C3C(CCC4CCCCC34C)C1CCC2(C)OCCC. The van der Waals surface area contributed by atoms with Gasteiger partial charge in [-0.2, -0.15) is 0 Å². The summed E-state index contributed by atoms with van der Waals surface area (Å²) >= 11 is 0. The van der Waals surface area contributed by atoms with Gasteiger partial charge in [0, 0.05) is 6.61 Å². The number of allylic oxidation sites excluding steroid dienone is 2. The quantitative estimate of drug-likeness (QED) is 0.497. The van der Waals surface area contributed by atoms with Gasteiger partial charge in [-0.05, 0) is 87.5 Å². The molecule has 0 heterocycles. The first-order valence-electron chi connectivity index (χ1n) is 12.3. The second-order valence-corrected chi connectivity index (χ2v) is 10.8. The van der Waals surface area contributed by atoms with Gasteiger partial charge in [0.25, 0.3) is 0 Å². The Morgan fingerprint density at radius 3 is 2.61 bits per heavy atom. The molecule has 4 aliphatic carbocycles. The predicted molar refractivity (Wildman–Crippen MR) is 115 cm³/mol. The number of rotatable bonds is 6. The van der Waals surface area contributed by atoms with Gasteiger partial charge >= 0.3 is 0 Å². The molecule has 0 aromatic heterocycles. The van der Waals surface area contributed by atoms with Crippen LogP contribution in [0.1, 0.15) is 105 Å². The second kappa shape index (κ2) is 7.56. The standard InChI is InChI=1S/C26H42O2/c1-5-7-15-26-21(13-16-25(26,4)28-17-6-2)20-12-11-19-10-8-9-14-24(19,3)22(20)18-23(26)27/h18-21H,5-17H2,1-4H3. The first kappa shape index (κ1) is 20.6. The van der Waals surface area contributed by atoms with Crippen LogP contribution in [0.5, 0.6) is 0 Å². The molecule has 0 bridgehead atoms. The monoisotopic (exact) mass is 386 g/mol. The lowest BCUT2D eigenvalue weighted by atomic mass is 9.47. The Morgan fingerprint density at radius 1 is 1.04 bits per heavy atom. The minimum Gasteiger partial charge on any atom is -0.374 e. The first-order valence-corrected chi connectivity index (χ1v) is 12.3. The number of carbonyl (C=O) groups excluding carboxylic acids is 1. The summed E-state index contributed by atoms with van der Waals surface area (Å²) in [6.45, 7) is 10.0. The van der Waals surface area contributed by atoms with Gasteiger partial charge in [-0.1, -0.05) is 52.0 Å². The molecule has 0 aliphatic heterocycles. The molecule has 3 saturated carbocycles. The van der Waals surface area contributed by atoms with Gasteiger partial charge in [-0.15, -0.1) is 0 Å². The fourth-order valence-corrected chi connectivity index (χ4v) is 8.01. The van der Waals surface area contributed by atoms with Crippen LogP contribution in [-0.4, -0.2) is 18.0 Å². The van der Waals surface area contributed by atoms with Crippen molar-refractivity contribution in [1.29, 1.82) is 0 Å². The summed E-state index contributed by atoms with van der Waals surface area (Å²) in [4.78, 5) is 14.0. The van der Waals surface area contributed by atoms with E-state index in [4.69, 9.17) is 4.74 Å². The number of fused-ring (bicyclic) bond motifs is 5. The van der Waals surface area contributed by atoms with Crippen molar-refractivity contribution in [2.75, 3.05) is 6.61 Å². The van der Waals surface area contributed by atoms with Crippen LogP contribution in [0.3, 0.4) is 0 Å². The van der Waals surface area contributed by atoms with E-state index in [0.29, 0.717) is 17.6 Å². The Morgan fingerprint density at radius 2 is 1.86 bits per heavy atom.